The molecule has 0 aliphatic carbocycles. The number of hydrogen-bond acceptors (Lipinski definition) is 2. The fourth-order valence-electron chi connectivity index (χ4n) is 1.16. The lowest BCUT2D eigenvalue weighted by molar-refractivity contribution is -0.0951. The van der Waals surface area contributed by atoms with Crippen molar-refractivity contribution in [2.45, 2.75) is 40.2 Å². The molecule has 2 nitrogen and oxygen atoms in total. The predicted molar refractivity (Wildman–Crippen MR) is 55.5 cm³/mol. The number of rotatable bonds is 1. The minimum Gasteiger partial charge on any atom is -0.407 e. The van der Waals surface area contributed by atoms with Gasteiger partial charge in [-0.05, 0) is 20.8 Å². The van der Waals surface area contributed by atoms with Crippen LogP contribution >= 0.6 is 0 Å². The summed E-state index contributed by atoms with van der Waals surface area (Å²) in [5.74, 6) is 0. The summed E-state index contributed by atoms with van der Waals surface area (Å²) in [4.78, 5) is 0. The van der Waals surface area contributed by atoms with Crippen LogP contribution in [-0.4, -0.2) is 19.3 Å². The van der Waals surface area contributed by atoms with Gasteiger partial charge in [0, 0.05) is 12.0 Å². The van der Waals surface area contributed by atoms with Crippen molar-refractivity contribution in [3.63, 3.8) is 0 Å². The molecule has 1 rings (SSSR count). The summed E-state index contributed by atoms with van der Waals surface area (Å²) >= 11 is 0. The second kappa shape index (κ2) is 3.14. The van der Waals surface area contributed by atoms with Gasteiger partial charge in [0.15, 0.2) is 0 Å². The molecule has 0 saturated carbocycles. The van der Waals surface area contributed by atoms with Crippen molar-refractivity contribution in [2.75, 3.05) is 6.61 Å². The van der Waals surface area contributed by atoms with Gasteiger partial charge in [-0.15, -0.1) is 6.58 Å². The summed E-state index contributed by atoms with van der Waals surface area (Å²) in [5, 5.41) is 0. The molecule has 74 valence electrons. The summed E-state index contributed by atoms with van der Waals surface area (Å²) in [6.45, 7) is 15.0. The Labute approximate surface area is 81.4 Å². The van der Waals surface area contributed by atoms with E-state index in [9.17, 15) is 0 Å². The second-order valence-electron chi connectivity index (χ2n) is 5.00. The Morgan fingerprint density at radius 3 is 2.23 bits per heavy atom. The van der Waals surface area contributed by atoms with Crippen molar-refractivity contribution >= 4 is 7.12 Å². The average Bonchev–Trinajstić information content (AvgIpc) is 1.94. The third kappa shape index (κ3) is 1.97. The first-order valence-corrected chi connectivity index (χ1v) is 4.71. The van der Waals surface area contributed by atoms with Crippen LogP contribution in [0.25, 0.3) is 0 Å². The molecule has 1 aliphatic heterocycles. The Bertz CT molecular complexity index is 221. The highest BCUT2D eigenvalue weighted by atomic mass is 16.6. The first-order chi connectivity index (χ1) is 5.76. The molecule has 1 fully saturated rings. The fraction of sp³-hybridized carbons (Fsp3) is 0.800. The molecule has 0 aromatic carbocycles. The molecule has 0 aromatic heterocycles. The first-order valence-electron chi connectivity index (χ1n) is 4.71. The van der Waals surface area contributed by atoms with Gasteiger partial charge in [-0.1, -0.05) is 19.3 Å². The Morgan fingerprint density at radius 1 is 1.31 bits per heavy atom. The lowest BCUT2D eigenvalue weighted by Gasteiger charge is -2.47. The first kappa shape index (κ1) is 10.8. The number of allylic oxidation sites excluding steroid dienone is 1. The topological polar surface area (TPSA) is 18.5 Å². The highest BCUT2D eigenvalue weighted by Gasteiger charge is 2.46. The monoisotopic (exact) mass is 182 g/mol. The van der Waals surface area contributed by atoms with Crippen LogP contribution in [0.5, 0.6) is 0 Å². The summed E-state index contributed by atoms with van der Waals surface area (Å²) < 4.78 is 11.4. The van der Waals surface area contributed by atoms with Gasteiger partial charge in [-0.3, -0.25) is 0 Å². The van der Waals surface area contributed by atoms with Crippen molar-refractivity contribution < 1.29 is 9.31 Å². The zero-order chi connectivity index (χ0) is 10.3. The molecular formula is C10H19BO2. The van der Waals surface area contributed by atoms with Gasteiger partial charge in [0.05, 0.1) is 5.60 Å². The summed E-state index contributed by atoms with van der Waals surface area (Å²) in [7, 11) is -0.233. The highest BCUT2D eigenvalue weighted by molar-refractivity contribution is 6.53. The molecule has 0 N–H and O–H groups in total. The van der Waals surface area contributed by atoms with Gasteiger partial charge in [-0.25, -0.2) is 0 Å². The molecule has 0 unspecified atom stereocenters. The van der Waals surface area contributed by atoms with Crippen LogP contribution in [0, 0.1) is 5.41 Å². The second-order valence-corrected chi connectivity index (χ2v) is 5.00. The van der Waals surface area contributed by atoms with Crippen LogP contribution in [0.4, 0.5) is 0 Å². The van der Waals surface area contributed by atoms with Crippen LogP contribution in [0.2, 0.25) is 0 Å². The molecular weight excluding hydrogens is 163 g/mol. The van der Waals surface area contributed by atoms with Gasteiger partial charge in [0.2, 0.25) is 0 Å². The van der Waals surface area contributed by atoms with Crippen LogP contribution in [0.15, 0.2) is 12.1 Å². The molecule has 3 heteroatoms. The molecule has 0 amide bonds. The quantitative estimate of drug-likeness (QED) is 0.580. The maximum atomic E-state index is 5.83. The van der Waals surface area contributed by atoms with Crippen LogP contribution in [0.1, 0.15) is 34.6 Å². The van der Waals surface area contributed by atoms with Gasteiger partial charge in [0.25, 0.3) is 0 Å². The van der Waals surface area contributed by atoms with Crippen molar-refractivity contribution in [3.8, 4) is 0 Å². The van der Waals surface area contributed by atoms with E-state index < -0.39 is 0 Å². The summed E-state index contributed by atoms with van der Waals surface area (Å²) in [6, 6.07) is 0. The van der Waals surface area contributed by atoms with Crippen molar-refractivity contribution in [2.24, 2.45) is 5.41 Å². The maximum absolute atomic E-state index is 5.83. The van der Waals surface area contributed by atoms with E-state index in [0.717, 1.165) is 12.1 Å². The standard InChI is InChI=1S/C10H19BO2/c1-8(2)11-12-7-9(3,4)10(5,6)13-11/h1,7H2,2-6H3. The van der Waals surface area contributed by atoms with Gasteiger partial charge >= 0.3 is 7.12 Å². The minimum atomic E-state index is -0.233. The molecule has 1 heterocycles. The largest absolute Gasteiger partial charge is 0.489 e. The third-order valence-corrected chi connectivity index (χ3v) is 3.03. The van der Waals surface area contributed by atoms with Crippen molar-refractivity contribution in [1.29, 1.82) is 0 Å². The molecule has 0 aromatic rings. The van der Waals surface area contributed by atoms with E-state index in [4.69, 9.17) is 9.31 Å². The van der Waals surface area contributed by atoms with Crippen LogP contribution in [0.3, 0.4) is 0 Å². The van der Waals surface area contributed by atoms with E-state index in [2.05, 4.69) is 34.3 Å². The lowest BCUT2D eigenvalue weighted by Crippen LogP contribution is -2.54. The Kier molecular flexibility index (Phi) is 2.61. The van der Waals surface area contributed by atoms with E-state index in [-0.39, 0.29) is 18.1 Å². The van der Waals surface area contributed by atoms with Gasteiger partial charge in [-0.2, -0.15) is 0 Å². The molecule has 13 heavy (non-hydrogen) atoms. The van der Waals surface area contributed by atoms with Crippen LogP contribution < -0.4 is 0 Å². The zero-order valence-electron chi connectivity index (χ0n) is 9.31. The molecule has 0 spiro atoms. The normalized spacial score (nSPS) is 25.8. The number of hydrogen-bond donors (Lipinski definition) is 0. The van der Waals surface area contributed by atoms with Gasteiger partial charge < -0.3 is 9.31 Å². The molecule has 1 saturated heterocycles. The SMILES string of the molecule is C=C(C)B1OCC(C)(C)C(C)(C)O1. The Morgan fingerprint density at radius 2 is 1.85 bits per heavy atom. The Hall–Kier alpha value is -0.275. The third-order valence-electron chi connectivity index (χ3n) is 3.03. The van der Waals surface area contributed by atoms with E-state index in [1.54, 1.807) is 0 Å². The predicted octanol–water partition coefficient (Wildman–Crippen LogP) is 2.44. The van der Waals surface area contributed by atoms with E-state index >= 15 is 0 Å². The summed E-state index contributed by atoms with van der Waals surface area (Å²) in [5.41, 5.74) is 0.831. The van der Waals surface area contributed by atoms with Gasteiger partial charge in [0.1, 0.15) is 0 Å². The molecule has 1 aliphatic rings. The molecule has 0 bridgehead atoms. The molecule has 0 atom stereocenters. The average molecular weight is 182 g/mol. The molecule has 0 radical (unpaired) electrons. The Balaban J connectivity index is 2.76. The van der Waals surface area contributed by atoms with Crippen molar-refractivity contribution in [1.82, 2.24) is 0 Å². The van der Waals surface area contributed by atoms with Crippen LogP contribution in [-0.2, 0) is 9.31 Å². The zero-order valence-corrected chi connectivity index (χ0v) is 9.31. The van der Waals surface area contributed by atoms with E-state index in [1.165, 1.54) is 0 Å². The van der Waals surface area contributed by atoms with Crippen molar-refractivity contribution in [3.05, 3.63) is 12.1 Å². The minimum absolute atomic E-state index is 0.0545. The fourth-order valence-corrected chi connectivity index (χ4v) is 1.16. The van der Waals surface area contributed by atoms with E-state index in [1.807, 2.05) is 6.92 Å². The smallest absolute Gasteiger partial charge is 0.407 e. The lowest BCUT2D eigenvalue weighted by atomic mass is 9.69. The summed E-state index contributed by atoms with van der Waals surface area (Å²) in [6.07, 6.45) is 0. The highest BCUT2D eigenvalue weighted by Crippen LogP contribution is 2.38. The van der Waals surface area contributed by atoms with E-state index in [0.29, 0.717) is 0 Å². The maximum Gasteiger partial charge on any atom is 0.489 e.